The fourth-order valence-corrected chi connectivity index (χ4v) is 2.13. The third kappa shape index (κ3) is 2.08. The van der Waals surface area contributed by atoms with Crippen molar-refractivity contribution in [3.63, 3.8) is 0 Å². The fraction of sp³-hybridized carbons (Fsp3) is 0.500. The van der Waals surface area contributed by atoms with Gasteiger partial charge in [0.15, 0.2) is 11.6 Å². The van der Waals surface area contributed by atoms with Crippen molar-refractivity contribution in [3.8, 4) is 0 Å². The van der Waals surface area contributed by atoms with E-state index in [1.165, 1.54) is 12.1 Å². The number of hydrogen-bond acceptors (Lipinski definition) is 2. The highest BCUT2D eigenvalue weighted by Crippen LogP contribution is 2.31. The maximum Gasteiger partial charge on any atom is 0.163 e. The fourth-order valence-electron chi connectivity index (χ4n) is 2.13. The molecule has 3 unspecified atom stereocenters. The summed E-state index contributed by atoms with van der Waals surface area (Å²) in [5.74, 6) is -1.62. The van der Waals surface area contributed by atoms with E-state index in [4.69, 9.17) is 10.5 Å². The Labute approximate surface area is 93.4 Å². The van der Waals surface area contributed by atoms with Gasteiger partial charge in [-0.15, -0.1) is 0 Å². The molecule has 1 fully saturated rings. The van der Waals surface area contributed by atoms with Gasteiger partial charge in [0.1, 0.15) is 0 Å². The van der Waals surface area contributed by atoms with Crippen molar-refractivity contribution >= 4 is 0 Å². The summed E-state index contributed by atoms with van der Waals surface area (Å²) in [4.78, 5) is 0. The summed E-state index contributed by atoms with van der Waals surface area (Å²) in [5, 5.41) is 0. The number of halogens is 2. The van der Waals surface area contributed by atoms with E-state index in [1.54, 1.807) is 0 Å². The van der Waals surface area contributed by atoms with Crippen molar-refractivity contribution < 1.29 is 13.5 Å². The third-order valence-corrected chi connectivity index (χ3v) is 3.08. The van der Waals surface area contributed by atoms with Gasteiger partial charge < -0.3 is 10.5 Å². The first kappa shape index (κ1) is 11.5. The Hall–Kier alpha value is -1.00. The zero-order valence-electron chi connectivity index (χ0n) is 9.12. The lowest BCUT2D eigenvalue weighted by atomic mass is 9.91. The van der Waals surface area contributed by atoms with Crippen LogP contribution in [0.25, 0.3) is 0 Å². The molecule has 88 valence electrons. The van der Waals surface area contributed by atoms with Crippen molar-refractivity contribution in [2.24, 2.45) is 11.7 Å². The highest BCUT2D eigenvalue weighted by atomic mass is 19.2. The van der Waals surface area contributed by atoms with Crippen molar-refractivity contribution in [1.29, 1.82) is 0 Å². The molecule has 0 amide bonds. The summed E-state index contributed by atoms with van der Waals surface area (Å²) in [6.07, 6.45) is 0.935. The first-order valence-electron chi connectivity index (χ1n) is 5.40. The minimum Gasteiger partial charge on any atom is -0.378 e. The highest BCUT2D eigenvalue weighted by molar-refractivity contribution is 5.23. The number of nitrogens with two attached hydrogens (primary N) is 1. The van der Waals surface area contributed by atoms with Crippen LogP contribution in [0, 0.1) is 17.6 Å². The molecule has 3 atom stereocenters. The Balaban J connectivity index is 2.20. The van der Waals surface area contributed by atoms with Gasteiger partial charge in [0.2, 0.25) is 0 Å². The van der Waals surface area contributed by atoms with Crippen molar-refractivity contribution in [2.75, 3.05) is 6.61 Å². The van der Waals surface area contributed by atoms with Crippen LogP contribution in [0.3, 0.4) is 0 Å². The van der Waals surface area contributed by atoms with Crippen LogP contribution in [-0.2, 0) is 4.74 Å². The zero-order valence-corrected chi connectivity index (χ0v) is 9.12. The summed E-state index contributed by atoms with van der Waals surface area (Å²) >= 11 is 0. The van der Waals surface area contributed by atoms with E-state index in [9.17, 15) is 8.78 Å². The molecule has 2 N–H and O–H groups in total. The third-order valence-electron chi connectivity index (χ3n) is 3.08. The van der Waals surface area contributed by atoms with Gasteiger partial charge in [-0.25, -0.2) is 8.78 Å². The van der Waals surface area contributed by atoms with Crippen molar-refractivity contribution in [1.82, 2.24) is 0 Å². The lowest BCUT2D eigenvalue weighted by Gasteiger charge is -2.18. The second-order valence-corrected chi connectivity index (χ2v) is 4.31. The van der Waals surface area contributed by atoms with Gasteiger partial charge in [0.25, 0.3) is 0 Å². The van der Waals surface area contributed by atoms with Gasteiger partial charge in [-0.2, -0.15) is 0 Å². The van der Waals surface area contributed by atoms with Crippen LogP contribution in [0.4, 0.5) is 8.78 Å². The van der Waals surface area contributed by atoms with E-state index < -0.39 is 17.7 Å². The van der Waals surface area contributed by atoms with Gasteiger partial charge >= 0.3 is 0 Å². The van der Waals surface area contributed by atoms with Crippen LogP contribution >= 0.6 is 0 Å². The molecule has 16 heavy (non-hydrogen) atoms. The topological polar surface area (TPSA) is 35.2 Å². The Kier molecular flexibility index (Phi) is 3.21. The van der Waals surface area contributed by atoms with Crippen LogP contribution in [0.1, 0.15) is 24.9 Å². The van der Waals surface area contributed by atoms with Crippen LogP contribution < -0.4 is 5.73 Å². The molecule has 2 nitrogen and oxygen atoms in total. The van der Waals surface area contributed by atoms with Crippen molar-refractivity contribution in [2.45, 2.75) is 25.5 Å². The SMILES string of the molecule is CC1CC(C(N)c2cccc(F)c2F)CO1. The van der Waals surface area contributed by atoms with E-state index in [2.05, 4.69) is 0 Å². The van der Waals surface area contributed by atoms with Crippen LogP contribution in [0.2, 0.25) is 0 Å². The molecule has 4 heteroatoms. The van der Waals surface area contributed by atoms with Crippen LogP contribution in [-0.4, -0.2) is 12.7 Å². The number of rotatable bonds is 2. The maximum absolute atomic E-state index is 13.5. The minimum atomic E-state index is -0.847. The molecule has 1 aromatic rings. The average Bonchev–Trinajstić information content (AvgIpc) is 2.68. The zero-order chi connectivity index (χ0) is 11.7. The molecule has 1 saturated heterocycles. The van der Waals surface area contributed by atoms with E-state index in [0.29, 0.717) is 6.61 Å². The van der Waals surface area contributed by atoms with E-state index >= 15 is 0 Å². The van der Waals surface area contributed by atoms with Gasteiger partial charge in [-0.3, -0.25) is 0 Å². The maximum atomic E-state index is 13.5. The molecule has 0 radical (unpaired) electrons. The predicted molar refractivity (Wildman–Crippen MR) is 56.8 cm³/mol. The Bertz CT molecular complexity index is 383. The lowest BCUT2D eigenvalue weighted by Crippen LogP contribution is -2.23. The van der Waals surface area contributed by atoms with Crippen LogP contribution in [0.5, 0.6) is 0 Å². The summed E-state index contributed by atoms with van der Waals surface area (Å²) in [6, 6.07) is 3.61. The first-order valence-corrected chi connectivity index (χ1v) is 5.40. The molecular weight excluding hydrogens is 212 g/mol. The predicted octanol–water partition coefficient (Wildman–Crippen LogP) is 2.39. The Morgan fingerprint density at radius 1 is 1.44 bits per heavy atom. The van der Waals surface area contributed by atoms with Crippen molar-refractivity contribution in [3.05, 3.63) is 35.4 Å². The summed E-state index contributed by atoms with van der Waals surface area (Å²) in [7, 11) is 0. The lowest BCUT2D eigenvalue weighted by molar-refractivity contribution is 0.118. The number of hydrogen-bond donors (Lipinski definition) is 1. The second-order valence-electron chi connectivity index (χ2n) is 4.31. The van der Waals surface area contributed by atoms with Gasteiger partial charge in [0, 0.05) is 17.5 Å². The van der Waals surface area contributed by atoms with E-state index in [1.807, 2.05) is 6.92 Å². The second kappa shape index (κ2) is 4.47. The molecule has 1 aliphatic rings. The molecule has 1 heterocycles. The standard InChI is InChI=1S/C12H15F2NO/c1-7-5-8(6-16-7)12(15)9-3-2-4-10(13)11(9)14/h2-4,7-8,12H,5-6,15H2,1H3. The highest BCUT2D eigenvalue weighted by Gasteiger charge is 2.30. The van der Waals surface area contributed by atoms with E-state index in [0.717, 1.165) is 12.5 Å². The summed E-state index contributed by atoms with van der Waals surface area (Å²) in [5.41, 5.74) is 6.18. The minimum absolute atomic E-state index is 0.0614. The smallest absolute Gasteiger partial charge is 0.163 e. The molecule has 0 saturated carbocycles. The van der Waals surface area contributed by atoms with Gasteiger partial charge in [-0.05, 0) is 19.4 Å². The Morgan fingerprint density at radius 2 is 2.19 bits per heavy atom. The van der Waals surface area contributed by atoms with Gasteiger partial charge in [-0.1, -0.05) is 12.1 Å². The molecule has 1 aliphatic heterocycles. The average molecular weight is 227 g/mol. The molecular formula is C12H15F2NO. The monoisotopic (exact) mass is 227 g/mol. The largest absolute Gasteiger partial charge is 0.378 e. The molecule has 0 bridgehead atoms. The molecule has 0 spiro atoms. The molecule has 0 aliphatic carbocycles. The normalized spacial score (nSPS) is 27.0. The first-order chi connectivity index (χ1) is 7.59. The quantitative estimate of drug-likeness (QED) is 0.842. The van der Waals surface area contributed by atoms with Gasteiger partial charge in [0.05, 0.1) is 12.7 Å². The molecule has 1 aromatic carbocycles. The number of benzene rings is 1. The molecule has 2 rings (SSSR count). The Morgan fingerprint density at radius 3 is 2.81 bits per heavy atom. The number of ether oxygens (including phenoxy) is 1. The van der Waals surface area contributed by atoms with Crippen LogP contribution in [0.15, 0.2) is 18.2 Å². The van der Waals surface area contributed by atoms with E-state index in [-0.39, 0.29) is 17.6 Å². The molecule has 0 aromatic heterocycles. The summed E-state index contributed by atoms with van der Waals surface area (Å²) in [6.45, 7) is 2.47. The summed E-state index contributed by atoms with van der Waals surface area (Å²) < 4.78 is 31.9.